The van der Waals surface area contributed by atoms with Crippen molar-refractivity contribution >= 4 is 12.4 Å². The number of rotatable bonds is 8. The van der Waals surface area contributed by atoms with Crippen LogP contribution in [0.1, 0.15) is 11.7 Å². The third-order valence-electron chi connectivity index (χ3n) is 3.27. The predicted octanol–water partition coefficient (Wildman–Crippen LogP) is 3.65. The van der Waals surface area contributed by atoms with Crippen molar-refractivity contribution in [3.63, 3.8) is 0 Å². The zero-order chi connectivity index (χ0) is 16.7. The first kappa shape index (κ1) is 20.4. The molecule has 0 bridgehead atoms. The lowest BCUT2D eigenvalue weighted by Gasteiger charge is -2.14. The first-order valence-electron chi connectivity index (χ1n) is 7.48. The third-order valence-corrected chi connectivity index (χ3v) is 3.27. The van der Waals surface area contributed by atoms with Gasteiger partial charge in [0, 0.05) is 6.54 Å². The number of benzene rings is 2. The Labute approximate surface area is 148 Å². The molecule has 0 radical (unpaired) electrons. The molecule has 1 unspecified atom stereocenters. The number of halogens is 2. The van der Waals surface area contributed by atoms with Crippen molar-refractivity contribution in [2.24, 2.45) is 0 Å². The minimum atomic E-state index is -0.669. The Morgan fingerprint density at radius 1 is 1.00 bits per heavy atom. The van der Waals surface area contributed by atoms with Gasteiger partial charge in [-0.2, -0.15) is 0 Å². The highest BCUT2D eigenvalue weighted by atomic mass is 35.5. The average molecular weight is 356 g/mol. The van der Waals surface area contributed by atoms with E-state index in [-0.39, 0.29) is 24.8 Å². The highest BCUT2D eigenvalue weighted by Crippen LogP contribution is 2.23. The second-order valence-electron chi connectivity index (χ2n) is 5.52. The summed E-state index contributed by atoms with van der Waals surface area (Å²) in [7, 11) is 3.94. The van der Waals surface area contributed by atoms with Gasteiger partial charge in [-0.15, -0.1) is 12.4 Å². The maximum atomic E-state index is 12.8. The van der Waals surface area contributed by atoms with Crippen LogP contribution in [0.25, 0.3) is 0 Å². The molecule has 132 valence electrons. The number of nitrogens with zero attached hydrogens (tertiary/aromatic N) is 1. The molecule has 2 aromatic rings. The summed E-state index contributed by atoms with van der Waals surface area (Å²) in [5.41, 5.74) is 0.765. The van der Waals surface area contributed by atoms with E-state index >= 15 is 0 Å². The smallest absolute Gasteiger partial charge is 0.127 e. The molecule has 0 fully saturated rings. The van der Waals surface area contributed by atoms with Crippen LogP contribution in [-0.2, 0) is 4.74 Å². The molecule has 1 atom stereocenters. The number of ether oxygens (including phenoxy) is 2. The molecule has 2 aromatic carbocycles. The Balaban J connectivity index is 0.00000288. The van der Waals surface area contributed by atoms with Crippen LogP contribution in [0, 0.1) is 5.82 Å². The van der Waals surface area contributed by atoms with E-state index in [1.165, 1.54) is 12.1 Å². The Morgan fingerprint density at radius 3 is 2.08 bits per heavy atom. The van der Waals surface area contributed by atoms with Gasteiger partial charge in [0.15, 0.2) is 0 Å². The summed E-state index contributed by atoms with van der Waals surface area (Å²) in [5, 5.41) is 10.1. The molecule has 2 rings (SSSR count). The van der Waals surface area contributed by atoms with Gasteiger partial charge in [0.25, 0.3) is 0 Å². The fourth-order valence-electron chi connectivity index (χ4n) is 1.94. The molecule has 0 aliphatic carbocycles. The molecule has 0 aliphatic rings. The molecule has 24 heavy (non-hydrogen) atoms. The molecule has 0 saturated heterocycles. The van der Waals surface area contributed by atoms with Crippen molar-refractivity contribution in [3.05, 3.63) is 59.9 Å². The number of hydrogen-bond acceptors (Lipinski definition) is 4. The van der Waals surface area contributed by atoms with E-state index in [2.05, 4.69) is 0 Å². The number of likely N-dealkylation sites (N-methyl/N-ethyl adjacent to an activating group) is 1. The van der Waals surface area contributed by atoms with E-state index in [4.69, 9.17) is 9.47 Å². The van der Waals surface area contributed by atoms with Crippen molar-refractivity contribution in [1.29, 1.82) is 0 Å². The lowest BCUT2D eigenvalue weighted by atomic mass is 10.1. The van der Waals surface area contributed by atoms with Crippen LogP contribution >= 0.6 is 12.4 Å². The molecule has 0 spiro atoms. The normalized spacial score (nSPS) is 11.9. The lowest BCUT2D eigenvalue weighted by molar-refractivity contribution is 0.0306. The van der Waals surface area contributed by atoms with Crippen molar-refractivity contribution in [2.45, 2.75) is 6.10 Å². The van der Waals surface area contributed by atoms with E-state index in [1.807, 2.05) is 19.0 Å². The second-order valence-corrected chi connectivity index (χ2v) is 5.52. The van der Waals surface area contributed by atoms with Crippen LogP contribution < -0.4 is 4.74 Å². The van der Waals surface area contributed by atoms with E-state index in [9.17, 15) is 9.50 Å². The van der Waals surface area contributed by atoms with Gasteiger partial charge < -0.3 is 19.5 Å². The number of hydrogen-bond donors (Lipinski definition) is 1. The van der Waals surface area contributed by atoms with Crippen molar-refractivity contribution < 1.29 is 19.0 Å². The Kier molecular flexibility index (Phi) is 8.71. The zero-order valence-corrected chi connectivity index (χ0v) is 14.6. The average Bonchev–Trinajstić information content (AvgIpc) is 2.54. The van der Waals surface area contributed by atoms with E-state index in [1.54, 1.807) is 36.4 Å². The maximum absolute atomic E-state index is 12.8. The molecule has 0 heterocycles. The molecular formula is C18H23ClFNO3. The zero-order valence-electron chi connectivity index (χ0n) is 13.8. The standard InChI is InChI=1S/C18H22FNO3.ClH/c1-20(2)11-12-22-13-18(21)14-3-7-16(8-4-14)23-17-9-5-15(19)6-10-17;/h3-10,18,21H,11-13H2,1-2H3;1H. The summed E-state index contributed by atoms with van der Waals surface area (Å²) in [6.07, 6.45) is -0.669. The molecule has 0 amide bonds. The number of aliphatic hydroxyl groups is 1. The van der Waals surface area contributed by atoms with Gasteiger partial charge in [-0.1, -0.05) is 12.1 Å². The summed E-state index contributed by atoms with van der Waals surface area (Å²) < 4.78 is 23.9. The van der Waals surface area contributed by atoms with Crippen LogP contribution in [0.3, 0.4) is 0 Å². The Morgan fingerprint density at radius 2 is 1.54 bits per heavy atom. The topological polar surface area (TPSA) is 41.9 Å². The monoisotopic (exact) mass is 355 g/mol. The summed E-state index contributed by atoms with van der Waals surface area (Å²) in [4.78, 5) is 2.02. The van der Waals surface area contributed by atoms with Gasteiger partial charge in [0.1, 0.15) is 23.4 Å². The molecule has 4 nitrogen and oxygen atoms in total. The van der Waals surface area contributed by atoms with Gasteiger partial charge in [-0.05, 0) is 56.1 Å². The summed E-state index contributed by atoms with van der Waals surface area (Å²) >= 11 is 0. The molecule has 1 N–H and O–H groups in total. The predicted molar refractivity (Wildman–Crippen MR) is 94.5 cm³/mol. The summed E-state index contributed by atoms with van der Waals surface area (Å²) in [6, 6.07) is 12.9. The van der Waals surface area contributed by atoms with E-state index in [0.29, 0.717) is 18.1 Å². The SMILES string of the molecule is CN(C)CCOCC(O)c1ccc(Oc2ccc(F)cc2)cc1.Cl. The van der Waals surface area contributed by atoms with Crippen LogP contribution in [0.5, 0.6) is 11.5 Å². The number of aliphatic hydroxyl groups excluding tert-OH is 1. The second kappa shape index (κ2) is 10.3. The minimum Gasteiger partial charge on any atom is -0.457 e. The first-order valence-corrected chi connectivity index (χ1v) is 7.48. The molecule has 0 aromatic heterocycles. The maximum Gasteiger partial charge on any atom is 0.127 e. The molecule has 0 saturated carbocycles. The first-order chi connectivity index (χ1) is 11.0. The van der Waals surface area contributed by atoms with Gasteiger partial charge in [-0.3, -0.25) is 0 Å². The van der Waals surface area contributed by atoms with E-state index < -0.39 is 6.10 Å². The third kappa shape index (κ3) is 6.84. The van der Waals surface area contributed by atoms with Crippen LogP contribution in [0.15, 0.2) is 48.5 Å². The Bertz CT molecular complexity index is 590. The molecular weight excluding hydrogens is 333 g/mol. The largest absolute Gasteiger partial charge is 0.457 e. The lowest BCUT2D eigenvalue weighted by Crippen LogP contribution is -2.19. The van der Waals surface area contributed by atoms with Gasteiger partial charge in [0.05, 0.1) is 13.2 Å². The molecule has 6 heteroatoms. The van der Waals surface area contributed by atoms with Crippen LogP contribution in [0.2, 0.25) is 0 Å². The van der Waals surface area contributed by atoms with Crippen molar-refractivity contribution in [1.82, 2.24) is 4.90 Å². The van der Waals surface area contributed by atoms with Crippen molar-refractivity contribution in [2.75, 3.05) is 33.9 Å². The Hall–Kier alpha value is -1.66. The van der Waals surface area contributed by atoms with Crippen LogP contribution in [0.4, 0.5) is 4.39 Å². The fraction of sp³-hybridized carbons (Fsp3) is 0.333. The van der Waals surface area contributed by atoms with Gasteiger partial charge >= 0.3 is 0 Å². The van der Waals surface area contributed by atoms with E-state index in [0.717, 1.165) is 12.1 Å². The highest BCUT2D eigenvalue weighted by Gasteiger charge is 2.08. The van der Waals surface area contributed by atoms with Gasteiger partial charge in [-0.25, -0.2) is 4.39 Å². The summed E-state index contributed by atoms with van der Waals surface area (Å²) in [5.74, 6) is 0.887. The highest BCUT2D eigenvalue weighted by molar-refractivity contribution is 5.85. The summed E-state index contributed by atoms with van der Waals surface area (Å²) in [6.45, 7) is 1.65. The quantitative estimate of drug-likeness (QED) is 0.734. The van der Waals surface area contributed by atoms with Gasteiger partial charge in [0.2, 0.25) is 0 Å². The fourth-order valence-corrected chi connectivity index (χ4v) is 1.94. The van der Waals surface area contributed by atoms with Crippen molar-refractivity contribution in [3.8, 4) is 11.5 Å². The van der Waals surface area contributed by atoms with Crippen LogP contribution in [-0.4, -0.2) is 43.9 Å². The minimum absolute atomic E-state index is 0. The molecule has 0 aliphatic heterocycles.